The van der Waals surface area contributed by atoms with Gasteiger partial charge in [0.15, 0.2) is 0 Å². The standard InChI is InChI=1S/C26H26N4O2S/c1-17-6-5-9-20(14-17)21-16-33-23-22(21)28-26(29-25(23)32)30-12-10-19(11-13-30)24(31)27-15-18-7-3-2-4-8-18/h2-9,14,16,19H,10-13,15H2,1H3,(H,27,31)(H,28,29,32). The second-order valence-electron chi connectivity index (χ2n) is 8.55. The van der Waals surface area contributed by atoms with Crippen LogP contribution < -0.4 is 15.8 Å². The molecule has 0 atom stereocenters. The molecular weight excluding hydrogens is 432 g/mol. The first-order chi connectivity index (χ1) is 16.1. The summed E-state index contributed by atoms with van der Waals surface area (Å²) in [6, 6.07) is 18.2. The Morgan fingerprint density at radius 2 is 1.94 bits per heavy atom. The Kier molecular flexibility index (Phi) is 5.96. The monoisotopic (exact) mass is 458 g/mol. The molecule has 0 radical (unpaired) electrons. The van der Waals surface area contributed by atoms with Gasteiger partial charge in [0.05, 0.1) is 5.52 Å². The summed E-state index contributed by atoms with van der Waals surface area (Å²) in [5.74, 6) is 0.655. The molecular formula is C26H26N4O2S. The molecule has 0 saturated carbocycles. The normalized spacial score (nSPS) is 14.5. The van der Waals surface area contributed by atoms with E-state index in [2.05, 4.69) is 40.3 Å². The first kappa shape index (κ1) is 21.4. The van der Waals surface area contributed by atoms with Gasteiger partial charge < -0.3 is 10.2 Å². The van der Waals surface area contributed by atoms with Crippen LogP contribution in [0.5, 0.6) is 0 Å². The molecule has 1 fully saturated rings. The van der Waals surface area contributed by atoms with Gasteiger partial charge in [-0.25, -0.2) is 4.98 Å². The first-order valence-corrected chi connectivity index (χ1v) is 12.1. The fourth-order valence-electron chi connectivity index (χ4n) is 4.37. The third kappa shape index (κ3) is 4.54. The van der Waals surface area contributed by atoms with Gasteiger partial charge in [0, 0.05) is 36.5 Å². The highest BCUT2D eigenvalue weighted by Gasteiger charge is 2.26. The van der Waals surface area contributed by atoms with E-state index in [9.17, 15) is 9.59 Å². The molecule has 1 amide bonds. The molecule has 7 heteroatoms. The predicted molar refractivity (Wildman–Crippen MR) is 134 cm³/mol. The average molecular weight is 459 g/mol. The Morgan fingerprint density at radius 3 is 2.70 bits per heavy atom. The Balaban J connectivity index is 1.30. The second kappa shape index (κ2) is 9.19. The molecule has 1 aliphatic rings. The van der Waals surface area contributed by atoms with Crippen molar-refractivity contribution in [2.75, 3.05) is 18.0 Å². The molecule has 0 unspecified atom stereocenters. The number of aryl methyl sites for hydroxylation is 1. The highest BCUT2D eigenvalue weighted by atomic mass is 32.1. The zero-order valence-corrected chi connectivity index (χ0v) is 19.3. The number of thiophene rings is 1. The minimum Gasteiger partial charge on any atom is -0.352 e. The minimum absolute atomic E-state index is 0.0237. The summed E-state index contributed by atoms with van der Waals surface area (Å²) >= 11 is 1.43. The number of hydrogen-bond acceptors (Lipinski definition) is 5. The second-order valence-corrected chi connectivity index (χ2v) is 9.43. The molecule has 1 aliphatic heterocycles. The molecule has 0 spiro atoms. The van der Waals surface area contributed by atoms with Gasteiger partial charge in [-0.3, -0.25) is 14.6 Å². The van der Waals surface area contributed by atoms with Gasteiger partial charge in [-0.15, -0.1) is 11.3 Å². The lowest BCUT2D eigenvalue weighted by molar-refractivity contribution is -0.125. The minimum atomic E-state index is -0.110. The highest BCUT2D eigenvalue weighted by Crippen LogP contribution is 2.32. The molecule has 2 aromatic heterocycles. The van der Waals surface area contributed by atoms with Gasteiger partial charge in [-0.05, 0) is 30.9 Å². The van der Waals surface area contributed by atoms with Gasteiger partial charge in [0.2, 0.25) is 11.9 Å². The SMILES string of the molecule is Cc1cccc(-c2csc3c(=O)[nH]c(N4CCC(C(=O)NCc5ccccc5)CC4)nc23)c1. The topological polar surface area (TPSA) is 78.1 Å². The summed E-state index contributed by atoms with van der Waals surface area (Å²) in [6.07, 6.45) is 1.47. The van der Waals surface area contributed by atoms with Gasteiger partial charge >= 0.3 is 0 Å². The number of H-pyrrole nitrogens is 1. The van der Waals surface area contributed by atoms with Crippen LogP contribution in [0.1, 0.15) is 24.0 Å². The van der Waals surface area contributed by atoms with Crippen molar-refractivity contribution in [1.82, 2.24) is 15.3 Å². The number of carbonyl (C=O) groups is 1. The number of hydrogen-bond donors (Lipinski definition) is 2. The molecule has 0 bridgehead atoms. The van der Waals surface area contributed by atoms with E-state index in [1.54, 1.807) is 0 Å². The van der Waals surface area contributed by atoms with Crippen LogP contribution in [0.15, 0.2) is 64.8 Å². The molecule has 0 aliphatic carbocycles. The first-order valence-electron chi connectivity index (χ1n) is 11.2. The summed E-state index contributed by atoms with van der Waals surface area (Å²) in [5.41, 5.74) is 4.96. The summed E-state index contributed by atoms with van der Waals surface area (Å²) in [6.45, 7) is 3.97. The van der Waals surface area contributed by atoms with Crippen LogP contribution >= 0.6 is 11.3 Å². The number of piperidine rings is 1. The van der Waals surface area contributed by atoms with Gasteiger partial charge in [-0.1, -0.05) is 60.2 Å². The van der Waals surface area contributed by atoms with E-state index in [1.807, 2.05) is 41.8 Å². The van der Waals surface area contributed by atoms with Gasteiger partial charge in [-0.2, -0.15) is 0 Å². The van der Waals surface area contributed by atoms with E-state index in [4.69, 9.17) is 4.98 Å². The summed E-state index contributed by atoms with van der Waals surface area (Å²) in [4.78, 5) is 35.3. The Labute approximate surface area is 196 Å². The van der Waals surface area contributed by atoms with Crippen molar-refractivity contribution < 1.29 is 4.79 Å². The van der Waals surface area contributed by atoms with Crippen LogP contribution in [0.3, 0.4) is 0 Å². The number of nitrogens with zero attached hydrogens (tertiary/aromatic N) is 2. The quantitative estimate of drug-likeness (QED) is 0.462. The van der Waals surface area contributed by atoms with Crippen LogP contribution in [0.25, 0.3) is 21.3 Å². The van der Waals surface area contributed by atoms with Gasteiger partial charge in [0.1, 0.15) is 4.70 Å². The third-order valence-corrected chi connectivity index (χ3v) is 7.19. The maximum Gasteiger partial charge on any atom is 0.270 e. The predicted octanol–water partition coefficient (Wildman–Crippen LogP) is 4.49. The number of fused-ring (bicyclic) bond motifs is 1. The average Bonchev–Trinajstić information content (AvgIpc) is 3.28. The highest BCUT2D eigenvalue weighted by molar-refractivity contribution is 7.17. The molecule has 2 N–H and O–H groups in total. The Morgan fingerprint density at radius 1 is 1.15 bits per heavy atom. The lowest BCUT2D eigenvalue weighted by Gasteiger charge is -2.31. The maximum absolute atomic E-state index is 12.8. The maximum atomic E-state index is 12.8. The fraction of sp³-hybridized carbons (Fsp3) is 0.269. The number of benzene rings is 2. The van der Waals surface area contributed by atoms with E-state index in [0.29, 0.717) is 30.3 Å². The smallest absolute Gasteiger partial charge is 0.270 e. The molecule has 1 saturated heterocycles. The zero-order chi connectivity index (χ0) is 22.8. The van der Waals surface area contributed by atoms with Crippen molar-refractivity contribution in [2.45, 2.75) is 26.3 Å². The third-order valence-electron chi connectivity index (χ3n) is 6.22. The molecule has 168 valence electrons. The lowest BCUT2D eigenvalue weighted by Crippen LogP contribution is -2.41. The number of rotatable bonds is 5. The number of aromatic nitrogens is 2. The van der Waals surface area contributed by atoms with Crippen molar-refractivity contribution in [3.8, 4) is 11.1 Å². The Bertz CT molecular complexity index is 1340. The van der Waals surface area contributed by atoms with Crippen molar-refractivity contribution in [3.63, 3.8) is 0 Å². The molecule has 4 aromatic rings. The molecule has 5 rings (SSSR count). The van der Waals surface area contributed by atoms with Crippen LogP contribution in [-0.4, -0.2) is 29.0 Å². The number of nitrogens with one attached hydrogen (secondary N) is 2. The summed E-state index contributed by atoms with van der Waals surface area (Å²) < 4.78 is 0.644. The molecule has 2 aromatic carbocycles. The molecule has 3 heterocycles. The van der Waals surface area contributed by atoms with E-state index in [0.717, 1.165) is 35.0 Å². The van der Waals surface area contributed by atoms with E-state index >= 15 is 0 Å². The number of amides is 1. The van der Waals surface area contributed by atoms with Crippen molar-refractivity contribution >= 4 is 33.4 Å². The van der Waals surface area contributed by atoms with E-state index in [-0.39, 0.29) is 17.4 Å². The van der Waals surface area contributed by atoms with Crippen LogP contribution in [0.2, 0.25) is 0 Å². The van der Waals surface area contributed by atoms with Crippen molar-refractivity contribution in [1.29, 1.82) is 0 Å². The summed E-state index contributed by atoms with van der Waals surface area (Å²) in [5, 5.41) is 5.06. The van der Waals surface area contributed by atoms with E-state index < -0.39 is 0 Å². The van der Waals surface area contributed by atoms with Crippen LogP contribution in [-0.2, 0) is 11.3 Å². The van der Waals surface area contributed by atoms with Crippen LogP contribution in [0, 0.1) is 12.8 Å². The van der Waals surface area contributed by atoms with Crippen LogP contribution in [0.4, 0.5) is 5.95 Å². The van der Waals surface area contributed by atoms with Gasteiger partial charge in [0.25, 0.3) is 5.56 Å². The lowest BCUT2D eigenvalue weighted by atomic mass is 9.96. The Hall–Kier alpha value is -3.45. The molecule has 33 heavy (non-hydrogen) atoms. The summed E-state index contributed by atoms with van der Waals surface area (Å²) in [7, 11) is 0. The van der Waals surface area contributed by atoms with E-state index in [1.165, 1.54) is 16.9 Å². The number of anilines is 1. The fourth-order valence-corrected chi connectivity index (χ4v) is 5.27. The largest absolute Gasteiger partial charge is 0.352 e. The molecule has 6 nitrogen and oxygen atoms in total. The zero-order valence-electron chi connectivity index (χ0n) is 18.5. The number of aromatic amines is 1. The van der Waals surface area contributed by atoms with Crippen molar-refractivity contribution in [2.24, 2.45) is 5.92 Å². The number of carbonyl (C=O) groups excluding carboxylic acids is 1. The van der Waals surface area contributed by atoms with Crippen molar-refractivity contribution in [3.05, 3.63) is 81.5 Å².